The van der Waals surface area contributed by atoms with E-state index in [1.807, 2.05) is 31.2 Å². The molecule has 0 spiro atoms. The molecule has 0 aliphatic heterocycles. The Hall–Kier alpha value is -4.07. The Bertz CT molecular complexity index is 1210. The number of aromatic nitrogens is 4. The molecule has 0 radical (unpaired) electrons. The van der Waals surface area contributed by atoms with Gasteiger partial charge in [0.2, 0.25) is 11.9 Å². The largest absolute Gasteiger partial charge is 0.507 e. The summed E-state index contributed by atoms with van der Waals surface area (Å²) in [5, 5.41) is 13.9. The monoisotopic (exact) mass is 387 g/mol. The molecule has 2 aromatic heterocycles. The number of phenols is 1. The maximum Gasteiger partial charge on any atom is 0.230 e. The van der Waals surface area contributed by atoms with Crippen molar-refractivity contribution in [3.63, 3.8) is 0 Å². The number of methoxy groups -OCH3 is 1. The topological polar surface area (TPSA) is 110 Å². The van der Waals surface area contributed by atoms with Crippen molar-refractivity contribution in [2.24, 2.45) is 0 Å². The van der Waals surface area contributed by atoms with Crippen LogP contribution in [0.25, 0.3) is 10.9 Å². The summed E-state index contributed by atoms with van der Waals surface area (Å²) in [5.41, 5.74) is 1.98. The van der Waals surface area contributed by atoms with Crippen LogP contribution in [0.1, 0.15) is 21.6 Å². The first-order chi connectivity index (χ1) is 14.0. The highest BCUT2D eigenvalue weighted by Crippen LogP contribution is 2.25. The number of para-hydroxylation sites is 1. The normalized spacial score (nSPS) is 10.7. The van der Waals surface area contributed by atoms with Crippen molar-refractivity contribution in [1.29, 1.82) is 0 Å². The molecule has 8 nitrogen and oxygen atoms in total. The highest BCUT2D eigenvalue weighted by Gasteiger charge is 2.16. The number of carbonyl (C=O) groups excluding carboxylic acids is 1. The van der Waals surface area contributed by atoms with Gasteiger partial charge >= 0.3 is 0 Å². The van der Waals surface area contributed by atoms with E-state index in [1.165, 1.54) is 31.6 Å². The number of anilines is 2. The maximum atomic E-state index is 12.7. The van der Waals surface area contributed by atoms with E-state index in [1.54, 1.807) is 6.07 Å². The Labute approximate surface area is 166 Å². The standard InChI is InChI=1S/C21H17N5O3/c1-12-15-5-3-4-6-17(15)25-21(24-12)26-20-22-10-13(11-23-20)19(28)16-9-14(29-2)7-8-18(16)27/h3-11,27H,1-2H3,(H,22,23,24,25,26). The highest BCUT2D eigenvalue weighted by molar-refractivity contribution is 6.10. The zero-order valence-corrected chi connectivity index (χ0v) is 15.7. The van der Waals surface area contributed by atoms with Gasteiger partial charge in [-0.3, -0.25) is 10.1 Å². The van der Waals surface area contributed by atoms with Crippen molar-refractivity contribution in [2.45, 2.75) is 6.92 Å². The van der Waals surface area contributed by atoms with E-state index in [0.717, 1.165) is 16.6 Å². The van der Waals surface area contributed by atoms with Crippen LogP contribution in [0.15, 0.2) is 54.9 Å². The SMILES string of the molecule is COc1ccc(O)c(C(=O)c2cnc(Nc3nc(C)c4ccccc4n3)nc2)c1. The zero-order chi connectivity index (χ0) is 20.4. The Morgan fingerprint density at radius 2 is 1.79 bits per heavy atom. The molecule has 2 aromatic carbocycles. The average molecular weight is 387 g/mol. The quantitative estimate of drug-likeness (QED) is 0.501. The van der Waals surface area contributed by atoms with Crippen molar-refractivity contribution >= 4 is 28.6 Å². The zero-order valence-electron chi connectivity index (χ0n) is 15.7. The van der Waals surface area contributed by atoms with E-state index in [4.69, 9.17) is 4.74 Å². The third-order valence-corrected chi connectivity index (χ3v) is 4.38. The Morgan fingerprint density at radius 1 is 1.03 bits per heavy atom. The molecule has 0 aliphatic carbocycles. The lowest BCUT2D eigenvalue weighted by atomic mass is 10.0. The molecule has 4 rings (SSSR count). The lowest BCUT2D eigenvalue weighted by Gasteiger charge is -2.08. The first kappa shape index (κ1) is 18.3. The minimum absolute atomic E-state index is 0.113. The molecule has 4 aromatic rings. The smallest absolute Gasteiger partial charge is 0.230 e. The van der Waals surface area contributed by atoms with Crippen LogP contribution in [0.5, 0.6) is 11.5 Å². The highest BCUT2D eigenvalue weighted by atomic mass is 16.5. The Kier molecular flexibility index (Phi) is 4.74. The summed E-state index contributed by atoms with van der Waals surface area (Å²) >= 11 is 0. The van der Waals surface area contributed by atoms with Gasteiger partial charge in [0, 0.05) is 17.8 Å². The Balaban J connectivity index is 1.58. The van der Waals surface area contributed by atoms with Gasteiger partial charge < -0.3 is 9.84 Å². The average Bonchev–Trinajstić information content (AvgIpc) is 2.74. The van der Waals surface area contributed by atoms with Crippen molar-refractivity contribution in [1.82, 2.24) is 19.9 Å². The van der Waals surface area contributed by atoms with Gasteiger partial charge in [-0.1, -0.05) is 18.2 Å². The molecule has 2 heterocycles. The number of hydrogen-bond donors (Lipinski definition) is 2. The van der Waals surface area contributed by atoms with Gasteiger partial charge in [-0.25, -0.2) is 19.9 Å². The number of phenolic OH excluding ortho intramolecular Hbond substituents is 1. The minimum Gasteiger partial charge on any atom is -0.507 e. The second-order valence-electron chi connectivity index (χ2n) is 6.28. The number of nitrogens with one attached hydrogen (secondary N) is 1. The molecule has 0 fully saturated rings. The lowest BCUT2D eigenvalue weighted by Crippen LogP contribution is -2.07. The van der Waals surface area contributed by atoms with Gasteiger partial charge in [0.05, 0.1) is 29.4 Å². The van der Waals surface area contributed by atoms with Crippen LogP contribution in [0.4, 0.5) is 11.9 Å². The molecule has 29 heavy (non-hydrogen) atoms. The second-order valence-corrected chi connectivity index (χ2v) is 6.28. The number of nitrogens with zero attached hydrogens (tertiary/aromatic N) is 4. The fourth-order valence-electron chi connectivity index (χ4n) is 2.88. The van der Waals surface area contributed by atoms with E-state index in [9.17, 15) is 9.90 Å². The fourth-order valence-corrected chi connectivity index (χ4v) is 2.88. The second kappa shape index (κ2) is 7.51. The number of ketones is 1. The van der Waals surface area contributed by atoms with Crippen molar-refractivity contribution in [3.05, 3.63) is 71.7 Å². The number of fused-ring (bicyclic) bond motifs is 1. The number of ether oxygens (including phenoxy) is 1. The third kappa shape index (κ3) is 3.68. The summed E-state index contributed by atoms with van der Waals surface area (Å²) in [6.07, 6.45) is 2.76. The molecule has 8 heteroatoms. The molecule has 2 N–H and O–H groups in total. The molecule has 0 aliphatic rings. The third-order valence-electron chi connectivity index (χ3n) is 4.38. The van der Waals surface area contributed by atoms with Gasteiger partial charge in [0.25, 0.3) is 0 Å². The van der Waals surface area contributed by atoms with Crippen LogP contribution in [0, 0.1) is 6.92 Å². The summed E-state index contributed by atoms with van der Waals surface area (Å²) in [6.45, 7) is 1.90. The first-order valence-electron chi connectivity index (χ1n) is 8.79. The number of hydrogen-bond acceptors (Lipinski definition) is 8. The maximum absolute atomic E-state index is 12.7. The van der Waals surface area contributed by atoms with Crippen molar-refractivity contribution in [3.8, 4) is 11.5 Å². The molecule has 0 atom stereocenters. The van der Waals surface area contributed by atoms with Crippen LogP contribution >= 0.6 is 0 Å². The van der Waals surface area contributed by atoms with E-state index < -0.39 is 5.78 Å². The molecule has 144 valence electrons. The van der Waals surface area contributed by atoms with Crippen LogP contribution in [0.2, 0.25) is 0 Å². The lowest BCUT2D eigenvalue weighted by molar-refractivity contribution is 0.103. The molecule has 0 saturated carbocycles. The molecule has 0 unspecified atom stereocenters. The van der Waals surface area contributed by atoms with Gasteiger partial charge in [-0.15, -0.1) is 0 Å². The molecular formula is C21H17N5O3. The van der Waals surface area contributed by atoms with E-state index >= 15 is 0 Å². The van der Waals surface area contributed by atoms with Gasteiger partial charge in [0.1, 0.15) is 11.5 Å². The van der Waals surface area contributed by atoms with Gasteiger partial charge in [0.15, 0.2) is 5.78 Å². The van der Waals surface area contributed by atoms with Crippen LogP contribution in [-0.2, 0) is 0 Å². The molecule has 0 amide bonds. The van der Waals surface area contributed by atoms with Crippen LogP contribution < -0.4 is 10.1 Å². The summed E-state index contributed by atoms with van der Waals surface area (Å²) in [6, 6.07) is 12.1. The van der Waals surface area contributed by atoms with Gasteiger partial charge in [-0.05, 0) is 31.2 Å². The predicted molar refractivity (Wildman–Crippen MR) is 108 cm³/mol. The summed E-state index contributed by atoms with van der Waals surface area (Å²) < 4.78 is 5.10. The van der Waals surface area contributed by atoms with E-state index in [0.29, 0.717) is 11.7 Å². The van der Waals surface area contributed by atoms with Gasteiger partial charge in [-0.2, -0.15) is 0 Å². The van der Waals surface area contributed by atoms with E-state index in [2.05, 4.69) is 25.3 Å². The minimum atomic E-state index is -0.411. The first-order valence-corrected chi connectivity index (χ1v) is 8.79. The fraction of sp³-hybridized carbons (Fsp3) is 0.0952. The number of aryl methyl sites for hydroxylation is 1. The van der Waals surface area contributed by atoms with Crippen molar-refractivity contribution < 1.29 is 14.6 Å². The van der Waals surface area contributed by atoms with E-state index in [-0.39, 0.29) is 22.8 Å². The number of benzene rings is 2. The summed E-state index contributed by atoms with van der Waals surface area (Å²) in [7, 11) is 1.49. The van der Waals surface area contributed by atoms with Crippen LogP contribution in [-0.4, -0.2) is 37.9 Å². The van der Waals surface area contributed by atoms with Crippen LogP contribution in [0.3, 0.4) is 0 Å². The number of aromatic hydroxyl groups is 1. The number of rotatable bonds is 5. The number of carbonyl (C=O) groups is 1. The molecule has 0 saturated heterocycles. The summed E-state index contributed by atoms with van der Waals surface area (Å²) in [4.78, 5) is 29.9. The molecule has 0 bridgehead atoms. The van der Waals surface area contributed by atoms with Crippen molar-refractivity contribution in [2.75, 3.05) is 12.4 Å². The molecular weight excluding hydrogens is 370 g/mol. The Morgan fingerprint density at radius 3 is 2.55 bits per heavy atom. The predicted octanol–water partition coefficient (Wildman–Crippen LogP) is 3.42. The summed E-state index contributed by atoms with van der Waals surface area (Å²) in [5.74, 6) is 0.537.